The summed E-state index contributed by atoms with van der Waals surface area (Å²) in [4.78, 5) is 61.9. The summed E-state index contributed by atoms with van der Waals surface area (Å²) >= 11 is 0. The SMILES string of the molecule is CCCCn1c(CN2C(=O)C3(CCC3)c3ccccc32)nc2c1CCCC2.CCCCn1c(CN2C(=O)C3(CN(S(=O)(=O)C(C)C)C3)c3ccccc32)nc2c1CCCC2.CCCCn1c(CN2C(=O)C3(CN(S(=O)(=O)C(C)C)C3)c3ccccc32)nc2c1CCCC2. The number of imidazole rings is 3. The average Bonchev–Trinajstić information content (AvgIpc) is 1.64. The van der Waals surface area contributed by atoms with Gasteiger partial charge in [-0.25, -0.2) is 31.8 Å². The maximum atomic E-state index is 13.8. The van der Waals surface area contributed by atoms with Gasteiger partial charge in [0.05, 0.1) is 52.6 Å². The first kappa shape index (κ1) is 65.2. The number of rotatable bonds is 19. The van der Waals surface area contributed by atoms with Crippen LogP contribution in [-0.4, -0.2) is 108 Å². The van der Waals surface area contributed by atoms with Gasteiger partial charge in [0.25, 0.3) is 0 Å². The molecule has 6 aromatic rings. The fourth-order valence-electron chi connectivity index (χ4n) is 16.5. The van der Waals surface area contributed by atoms with Crippen molar-refractivity contribution in [3.8, 4) is 0 Å². The molecule has 0 N–H and O–H groups in total. The highest BCUT2D eigenvalue weighted by Gasteiger charge is 2.62. The molecule has 93 heavy (non-hydrogen) atoms. The molecule has 9 aliphatic rings. The van der Waals surface area contributed by atoms with E-state index >= 15 is 0 Å². The Hall–Kier alpha value is -6.48. The highest BCUT2D eigenvalue weighted by molar-refractivity contribution is 7.90. The monoisotopic (exact) mass is 1300 g/mol. The van der Waals surface area contributed by atoms with Crippen LogP contribution in [0.3, 0.4) is 0 Å². The van der Waals surface area contributed by atoms with E-state index in [0.717, 1.165) is 149 Å². The largest absolute Gasteiger partial charge is 0.330 e. The molecular weight excluding hydrogens is 1210 g/mol. The molecule has 0 atom stereocenters. The van der Waals surface area contributed by atoms with Gasteiger partial charge in [-0.1, -0.05) is 101 Å². The number of nitrogens with zero attached hydrogens (tertiary/aromatic N) is 11. The zero-order chi connectivity index (χ0) is 65.2. The quantitative estimate of drug-likeness (QED) is 0.0754. The van der Waals surface area contributed by atoms with Gasteiger partial charge < -0.3 is 28.4 Å². The smallest absolute Gasteiger partial charge is 0.240 e. The van der Waals surface area contributed by atoms with Crippen molar-refractivity contribution in [3.05, 3.63) is 141 Å². The summed E-state index contributed by atoms with van der Waals surface area (Å²) in [6.07, 6.45) is 23.5. The summed E-state index contributed by atoms with van der Waals surface area (Å²) in [5, 5.41) is -0.981. The Morgan fingerprint density at radius 2 is 0.699 bits per heavy atom. The predicted octanol–water partition coefficient (Wildman–Crippen LogP) is 11.3. The molecule has 15 rings (SSSR count). The molecule has 5 aliphatic heterocycles. The van der Waals surface area contributed by atoms with Crippen molar-refractivity contribution in [3.63, 3.8) is 0 Å². The summed E-state index contributed by atoms with van der Waals surface area (Å²) in [6.45, 7) is 18.7. The lowest BCUT2D eigenvalue weighted by Gasteiger charge is -2.46. The molecule has 498 valence electrons. The Bertz CT molecular complexity index is 3870. The van der Waals surface area contributed by atoms with Crippen molar-refractivity contribution in [1.82, 2.24) is 37.3 Å². The molecule has 18 nitrogen and oxygen atoms in total. The maximum absolute atomic E-state index is 13.8. The first-order valence-electron chi connectivity index (χ1n) is 35.3. The Labute approximate surface area is 551 Å². The first-order chi connectivity index (χ1) is 44.8. The lowest BCUT2D eigenvalue weighted by atomic mass is 9.65. The van der Waals surface area contributed by atoms with Crippen LogP contribution in [0.4, 0.5) is 17.1 Å². The molecule has 20 heteroatoms. The van der Waals surface area contributed by atoms with Crippen molar-refractivity contribution < 1.29 is 31.2 Å². The fraction of sp³-hybridized carbons (Fsp3) is 0.589. The highest BCUT2D eigenvalue weighted by atomic mass is 32.2. The number of fused-ring (bicyclic) bond motifs is 9. The summed E-state index contributed by atoms with van der Waals surface area (Å²) in [5.41, 5.74) is 12.0. The Kier molecular flexibility index (Phi) is 18.2. The molecule has 0 radical (unpaired) electrons. The predicted molar refractivity (Wildman–Crippen MR) is 364 cm³/mol. The summed E-state index contributed by atoms with van der Waals surface area (Å²) in [5.74, 6) is 3.32. The molecule has 3 amide bonds. The van der Waals surface area contributed by atoms with Gasteiger partial charge in [0.1, 0.15) is 28.3 Å². The van der Waals surface area contributed by atoms with Crippen molar-refractivity contribution in [2.75, 3.05) is 40.9 Å². The third kappa shape index (κ3) is 11.1. The third-order valence-electron chi connectivity index (χ3n) is 22.0. The average molecular weight is 1300 g/mol. The molecule has 4 aliphatic carbocycles. The van der Waals surface area contributed by atoms with Crippen LogP contribution in [0.15, 0.2) is 72.8 Å². The van der Waals surface area contributed by atoms with Crippen molar-refractivity contribution in [1.29, 1.82) is 0 Å². The molecule has 3 spiro atoms. The van der Waals surface area contributed by atoms with E-state index in [2.05, 4.69) is 58.7 Å². The number of amides is 3. The van der Waals surface area contributed by atoms with E-state index in [1.807, 2.05) is 63.2 Å². The summed E-state index contributed by atoms with van der Waals surface area (Å²) in [7, 11) is -6.76. The van der Waals surface area contributed by atoms with Gasteiger partial charge >= 0.3 is 0 Å². The third-order valence-corrected chi connectivity index (χ3v) is 26.4. The molecule has 0 bridgehead atoms. The minimum Gasteiger partial charge on any atom is -0.330 e. The zero-order valence-electron chi connectivity index (χ0n) is 56.1. The van der Waals surface area contributed by atoms with Crippen LogP contribution < -0.4 is 14.7 Å². The van der Waals surface area contributed by atoms with Crippen LogP contribution in [0.5, 0.6) is 0 Å². The van der Waals surface area contributed by atoms with E-state index in [-0.39, 0.29) is 43.4 Å². The van der Waals surface area contributed by atoms with Crippen LogP contribution in [-0.2, 0) is 128 Å². The Morgan fingerprint density at radius 3 is 0.989 bits per heavy atom. The molecular formula is C73H97N11O7S2. The minimum atomic E-state index is -3.38. The van der Waals surface area contributed by atoms with Gasteiger partial charge in [-0.3, -0.25) is 14.4 Å². The van der Waals surface area contributed by atoms with Crippen LogP contribution in [0.2, 0.25) is 0 Å². The van der Waals surface area contributed by atoms with Crippen molar-refractivity contribution in [2.24, 2.45) is 0 Å². The Morgan fingerprint density at radius 1 is 0.409 bits per heavy atom. The Balaban J connectivity index is 0.000000128. The molecule has 0 unspecified atom stereocenters. The number of unbranched alkanes of at least 4 members (excludes halogenated alkanes) is 3. The van der Waals surface area contributed by atoms with Crippen LogP contribution in [0.1, 0.15) is 213 Å². The van der Waals surface area contributed by atoms with E-state index in [0.29, 0.717) is 25.5 Å². The standard InChI is InChI=1S/2C25H34N4O3S.C23H29N3O/c2*1-4-5-14-28-22-13-9-7-11-20(22)26-23(28)15-29-21-12-8-6-10-19(21)25(24(29)30)16-27(17-25)33(31,32)18(2)3;1-2-3-15-25-20-12-7-5-10-18(20)24-21(25)16-26-19-11-6-4-9-17(19)23(22(26)27)13-8-14-23/h2*6,8,10,12,18H,4-5,7,9,11,13-17H2,1-3H3;4,6,9,11H,2-3,5,7-8,10,12-16H2,1H3. The number of hydrogen-bond acceptors (Lipinski definition) is 10. The van der Waals surface area contributed by atoms with Gasteiger partial charge in [-0.05, 0) is 172 Å². The fourth-order valence-corrected chi connectivity index (χ4v) is 19.2. The van der Waals surface area contributed by atoms with Gasteiger partial charge in [-0.15, -0.1) is 0 Å². The van der Waals surface area contributed by atoms with Crippen LogP contribution in [0, 0.1) is 0 Å². The van der Waals surface area contributed by atoms with E-state index in [4.69, 9.17) is 15.0 Å². The van der Waals surface area contributed by atoms with Crippen molar-refractivity contribution >= 4 is 54.8 Å². The van der Waals surface area contributed by atoms with Gasteiger partial charge in [-0.2, -0.15) is 8.61 Å². The first-order valence-corrected chi connectivity index (χ1v) is 38.3. The van der Waals surface area contributed by atoms with E-state index in [1.165, 1.54) is 99.7 Å². The van der Waals surface area contributed by atoms with Crippen molar-refractivity contribution in [2.45, 2.75) is 249 Å². The van der Waals surface area contributed by atoms with E-state index < -0.39 is 41.4 Å². The summed E-state index contributed by atoms with van der Waals surface area (Å²) in [6, 6.07) is 24.2. The lowest BCUT2D eigenvalue weighted by Crippen LogP contribution is -2.66. The van der Waals surface area contributed by atoms with E-state index in [1.54, 1.807) is 27.7 Å². The van der Waals surface area contributed by atoms with E-state index in [9.17, 15) is 31.2 Å². The van der Waals surface area contributed by atoms with Gasteiger partial charge in [0, 0.05) is 80.0 Å². The number of anilines is 3. The highest BCUT2D eigenvalue weighted by Crippen LogP contribution is 2.54. The molecule has 1 saturated carbocycles. The van der Waals surface area contributed by atoms with Crippen LogP contribution >= 0.6 is 0 Å². The number of sulfonamides is 2. The zero-order valence-corrected chi connectivity index (χ0v) is 57.7. The normalized spacial score (nSPS) is 19.8. The maximum Gasteiger partial charge on any atom is 0.240 e. The minimum absolute atomic E-state index is 0.00178. The molecule has 3 fully saturated rings. The second-order valence-corrected chi connectivity index (χ2v) is 33.4. The van der Waals surface area contributed by atoms with Gasteiger partial charge in [0.2, 0.25) is 37.8 Å². The second-order valence-electron chi connectivity index (χ2n) is 28.4. The van der Waals surface area contributed by atoms with Gasteiger partial charge in [0.15, 0.2) is 0 Å². The number of hydrogen-bond donors (Lipinski definition) is 0. The molecule has 2 saturated heterocycles. The number of aryl methyl sites for hydroxylation is 3. The molecule has 3 aromatic heterocycles. The lowest BCUT2D eigenvalue weighted by molar-refractivity contribution is -0.127. The number of carbonyl (C=O) groups is 3. The molecule has 8 heterocycles. The number of carbonyl (C=O) groups excluding carboxylic acids is 3. The summed E-state index contributed by atoms with van der Waals surface area (Å²) < 4.78 is 60.9. The number of para-hydroxylation sites is 3. The topological polar surface area (TPSA) is 189 Å². The number of benzene rings is 3. The van der Waals surface area contributed by atoms with Crippen LogP contribution in [0.25, 0.3) is 0 Å². The number of aromatic nitrogens is 6. The molecule has 3 aromatic carbocycles. The second kappa shape index (κ2) is 25.9.